The number of nitrogens with zero attached hydrogens (tertiary/aromatic N) is 2. The second-order valence-corrected chi connectivity index (χ2v) is 8.57. The summed E-state index contributed by atoms with van der Waals surface area (Å²) in [6.07, 6.45) is 1.66. The van der Waals surface area contributed by atoms with E-state index in [1.165, 1.54) is 0 Å². The second-order valence-electron chi connectivity index (χ2n) is 8.57. The number of amides is 1. The highest BCUT2D eigenvalue weighted by atomic mass is 16.5. The average molecular weight is 493 g/mol. The third kappa shape index (κ3) is 5.61. The first kappa shape index (κ1) is 25.5. The van der Waals surface area contributed by atoms with Crippen molar-refractivity contribution in [2.75, 3.05) is 52.6 Å². The molecule has 36 heavy (non-hydrogen) atoms. The van der Waals surface area contributed by atoms with Crippen LogP contribution in [0, 0.1) is 0 Å². The summed E-state index contributed by atoms with van der Waals surface area (Å²) < 4.78 is 16.5. The molecule has 2 saturated heterocycles. The van der Waals surface area contributed by atoms with Crippen molar-refractivity contribution in [2.24, 2.45) is 0 Å². The number of aliphatic hydroxyl groups is 1. The van der Waals surface area contributed by atoms with Gasteiger partial charge in [0.2, 0.25) is 0 Å². The van der Waals surface area contributed by atoms with Gasteiger partial charge in [0, 0.05) is 31.7 Å². The zero-order valence-electron chi connectivity index (χ0n) is 20.5. The molecule has 4 rings (SSSR count). The van der Waals surface area contributed by atoms with E-state index in [-0.39, 0.29) is 11.3 Å². The van der Waals surface area contributed by atoms with Crippen LogP contribution in [0.1, 0.15) is 24.1 Å². The van der Waals surface area contributed by atoms with Gasteiger partial charge in [0.25, 0.3) is 11.7 Å². The van der Waals surface area contributed by atoms with Gasteiger partial charge in [-0.2, -0.15) is 0 Å². The van der Waals surface area contributed by atoms with Gasteiger partial charge in [0.05, 0.1) is 31.4 Å². The highest BCUT2D eigenvalue weighted by Crippen LogP contribution is 2.40. The molecular formula is C28H32N2O6. The maximum atomic E-state index is 13.2. The molecule has 1 atom stereocenters. The number of Topliss-reactive ketones (excluding diaryl/α,β-unsaturated/α-hetero) is 1. The Hall–Kier alpha value is -3.62. The number of hydrogen-bond donors (Lipinski definition) is 1. The number of aliphatic hydroxyl groups excluding tert-OH is 1. The molecule has 0 saturated carbocycles. The van der Waals surface area contributed by atoms with Gasteiger partial charge < -0.3 is 24.2 Å². The number of rotatable bonds is 10. The lowest BCUT2D eigenvalue weighted by Crippen LogP contribution is -2.42. The monoisotopic (exact) mass is 492 g/mol. The SMILES string of the molecule is C=CCOc1ccc([C@@H]2C(=C(O)c3ccc(OCC)cc3)C(=O)C(=O)N2CCN2CCOCC2)cc1. The van der Waals surface area contributed by atoms with Gasteiger partial charge in [-0.05, 0) is 48.9 Å². The molecule has 1 amide bonds. The number of ketones is 1. The van der Waals surface area contributed by atoms with Gasteiger partial charge >= 0.3 is 0 Å². The van der Waals surface area contributed by atoms with Crippen molar-refractivity contribution >= 4 is 17.4 Å². The summed E-state index contributed by atoms with van der Waals surface area (Å²) in [6, 6.07) is 13.3. The summed E-state index contributed by atoms with van der Waals surface area (Å²) in [5.74, 6) is -0.211. The third-order valence-corrected chi connectivity index (χ3v) is 6.30. The molecule has 2 aromatic carbocycles. The fraction of sp³-hybridized carbons (Fsp3) is 0.357. The van der Waals surface area contributed by atoms with Gasteiger partial charge in [-0.1, -0.05) is 24.8 Å². The molecule has 2 aromatic rings. The standard InChI is InChI=1S/C28H32N2O6/c1-3-17-36-23-9-5-20(6-10-23)25-24(26(31)21-7-11-22(12-8-21)35-4-2)27(32)28(33)30(25)14-13-29-15-18-34-19-16-29/h3,5-12,25,31H,1,4,13-19H2,2H3/t25-/m1/s1. The Bertz CT molecular complexity index is 1100. The Kier molecular flexibility index (Phi) is 8.40. The maximum absolute atomic E-state index is 13.2. The minimum atomic E-state index is -0.717. The number of likely N-dealkylation sites (tertiary alicyclic amines) is 1. The molecule has 2 aliphatic heterocycles. The third-order valence-electron chi connectivity index (χ3n) is 6.30. The van der Waals surface area contributed by atoms with Gasteiger partial charge in [-0.25, -0.2) is 0 Å². The molecule has 0 bridgehead atoms. The molecule has 0 unspecified atom stereocenters. The Labute approximate surface area is 211 Å². The van der Waals surface area contributed by atoms with E-state index in [0.29, 0.717) is 56.6 Å². The van der Waals surface area contributed by atoms with Crippen molar-refractivity contribution in [3.8, 4) is 11.5 Å². The van der Waals surface area contributed by atoms with E-state index in [2.05, 4.69) is 11.5 Å². The molecule has 0 spiro atoms. The number of carbonyl (C=O) groups is 2. The second kappa shape index (κ2) is 11.9. The average Bonchev–Trinajstić information content (AvgIpc) is 3.16. The first-order valence-corrected chi connectivity index (χ1v) is 12.2. The minimum Gasteiger partial charge on any atom is -0.507 e. The van der Waals surface area contributed by atoms with Crippen LogP contribution in [0.4, 0.5) is 0 Å². The van der Waals surface area contributed by atoms with Crippen molar-refractivity contribution in [1.82, 2.24) is 9.80 Å². The van der Waals surface area contributed by atoms with Crippen molar-refractivity contribution in [3.05, 3.63) is 77.9 Å². The van der Waals surface area contributed by atoms with E-state index in [1.54, 1.807) is 47.4 Å². The van der Waals surface area contributed by atoms with Crippen molar-refractivity contribution in [3.63, 3.8) is 0 Å². The number of ether oxygens (including phenoxy) is 3. The van der Waals surface area contributed by atoms with E-state index in [4.69, 9.17) is 14.2 Å². The predicted molar refractivity (Wildman–Crippen MR) is 136 cm³/mol. The van der Waals surface area contributed by atoms with Crippen LogP contribution in [0.15, 0.2) is 66.8 Å². The van der Waals surface area contributed by atoms with E-state index in [0.717, 1.165) is 18.7 Å². The summed E-state index contributed by atoms with van der Waals surface area (Å²) >= 11 is 0. The molecule has 0 aromatic heterocycles. The minimum absolute atomic E-state index is 0.0749. The van der Waals surface area contributed by atoms with E-state index < -0.39 is 17.7 Å². The van der Waals surface area contributed by atoms with Gasteiger partial charge in [0.1, 0.15) is 23.9 Å². The highest BCUT2D eigenvalue weighted by Gasteiger charge is 2.46. The highest BCUT2D eigenvalue weighted by molar-refractivity contribution is 6.46. The number of morpholine rings is 1. The Morgan fingerprint density at radius 1 is 1.03 bits per heavy atom. The molecule has 8 heteroatoms. The summed E-state index contributed by atoms with van der Waals surface area (Å²) in [6.45, 7) is 10.2. The van der Waals surface area contributed by atoms with Gasteiger partial charge in [0.15, 0.2) is 0 Å². The normalized spacial score (nSPS) is 19.9. The van der Waals surface area contributed by atoms with Crippen LogP contribution in [-0.4, -0.2) is 79.2 Å². The number of carbonyl (C=O) groups excluding carboxylic acids is 2. The van der Waals surface area contributed by atoms with E-state index in [9.17, 15) is 14.7 Å². The molecule has 0 aliphatic carbocycles. The zero-order valence-corrected chi connectivity index (χ0v) is 20.5. The van der Waals surface area contributed by atoms with Crippen LogP contribution in [0.3, 0.4) is 0 Å². The van der Waals surface area contributed by atoms with Gasteiger partial charge in [-0.15, -0.1) is 0 Å². The maximum Gasteiger partial charge on any atom is 0.295 e. The summed E-state index contributed by atoms with van der Waals surface area (Å²) in [5, 5.41) is 11.2. The van der Waals surface area contributed by atoms with Crippen LogP contribution in [-0.2, 0) is 14.3 Å². The first-order valence-electron chi connectivity index (χ1n) is 12.2. The Morgan fingerprint density at radius 3 is 2.31 bits per heavy atom. The molecule has 0 radical (unpaired) electrons. The molecule has 1 N–H and O–H groups in total. The van der Waals surface area contributed by atoms with Crippen molar-refractivity contribution < 1.29 is 28.9 Å². The van der Waals surface area contributed by atoms with E-state index >= 15 is 0 Å². The topological polar surface area (TPSA) is 88.5 Å². The Balaban J connectivity index is 1.69. The molecule has 190 valence electrons. The largest absolute Gasteiger partial charge is 0.507 e. The lowest BCUT2D eigenvalue weighted by atomic mass is 9.95. The molecule has 2 aliphatic rings. The lowest BCUT2D eigenvalue weighted by Gasteiger charge is -2.31. The zero-order chi connectivity index (χ0) is 25.5. The van der Waals surface area contributed by atoms with Crippen molar-refractivity contribution in [2.45, 2.75) is 13.0 Å². The summed E-state index contributed by atoms with van der Waals surface area (Å²) in [5.41, 5.74) is 1.24. The smallest absolute Gasteiger partial charge is 0.295 e. The van der Waals surface area contributed by atoms with E-state index in [1.807, 2.05) is 19.1 Å². The summed E-state index contributed by atoms with van der Waals surface area (Å²) in [4.78, 5) is 30.2. The number of hydrogen-bond acceptors (Lipinski definition) is 7. The van der Waals surface area contributed by atoms with Crippen LogP contribution in [0.2, 0.25) is 0 Å². The predicted octanol–water partition coefficient (Wildman–Crippen LogP) is 3.40. The van der Waals surface area contributed by atoms with Crippen LogP contribution in [0.25, 0.3) is 5.76 Å². The quantitative estimate of drug-likeness (QED) is 0.235. The van der Waals surface area contributed by atoms with Crippen molar-refractivity contribution in [1.29, 1.82) is 0 Å². The summed E-state index contributed by atoms with van der Waals surface area (Å²) in [7, 11) is 0. The Morgan fingerprint density at radius 2 is 1.67 bits per heavy atom. The molecule has 8 nitrogen and oxygen atoms in total. The van der Waals surface area contributed by atoms with Gasteiger partial charge in [-0.3, -0.25) is 14.5 Å². The van der Waals surface area contributed by atoms with Crippen LogP contribution in [0.5, 0.6) is 11.5 Å². The van der Waals surface area contributed by atoms with Crippen LogP contribution >= 0.6 is 0 Å². The molecule has 2 fully saturated rings. The lowest BCUT2D eigenvalue weighted by molar-refractivity contribution is -0.140. The fourth-order valence-electron chi connectivity index (χ4n) is 4.46. The molecular weight excluding hydrogens is 460 g/mol. The molecule has 2 heterocycles. The van der Waals surface area contributed by atoms with Crippen LogP contribution < -0.4 is 9.47 Å². The number of benzene rings is 2. The fourth-order valence-corrected chi connectivity index (χ4v) is 4.46. The first-order chi connectivity index (χ1) is 17.5.